The van der Waals surface area contributed by atoms with Gasteiger partial charge in [0.15, 0.2) is 5.78 Å². The molecule has 0 fully saturated rings. The molecule has 0 spiro atoms. The minimum Gasteiger partial charge on any atom is -0.445 e. The van der Waals surface area contributed by atoms with Crippen LogP contribution in [0, 0.1) is 5.92 Å². The molecule has 1 aliphatic heterocycles. The first-order valence-electron chi connectivity index (χ1n) is 8.78. The Labute approximate surface area is 167 Å². The highest BCUT2D eigenvalue weighted by molar-refractivity contribution is 6.23. The van der Waals surface area contributed by atoms with Gasteiger partial charge in [-0.1, -0.05) is 25.3 Å². The molecule has 29 heavy (non-hydrogen) atoms. The molecule has 148 valence electrons. The SMILES string of the molecule is C=CCOC(=O)NC1=CC2C(=O)c3cc(NC(=O)OCC=C)ccc3N=C2C=C1. The Bertz CT molecular complexity index is 975. The van der Waals surface area contributed by atoms with Crippen molar-refractivity contribution >= 4 is 35.1 Å². The van der Waals surface area contributed by atoms with Crippen molar-refractivity contribution in [2.75, 3.05) is 18.5 Å². The molecule has 1 aromatic rings. The monoisotopic (exact) mass is 393 g/mol. The Morgan fingerprint density at radius 1 is 1.07 bits per heavy atom. The lowest BCUT2D eigenvalue weighted by Crippen LogP contribution is -2.31. The van der Waals surface area contributed by atoms with Crippen molar-refractivity contribution in [2.45, 2.75) is 0 Å². The highest BCUT2D eigenvalue weighted by Crippen LogP contribution is 2.33. The third-order valence-corrected chi connectivity index (χ3v) is 4.05. The molecule has 2 N–H and O–H groups in total. The Morgan fingerprint density at radius 2 is 1.76 bits per heavy atom. The number of ketones is 1. The van der Waals surface area contributed by atoms with Crippen LogP contribution in [0.25, 0.3) is 0 Å². The molecule has 0 saturated heterocycles. The highest BCUT2D eigenvalue weighted by atomic mass is 16.6. The van der Waals surface area contributed by atoms with Crippen LogP contribution in [0.2, 0.25) is 0 Å². The van der Waals surface area contributed by atoms with Crippen LogP contribution in [0.4, 0.5) is 21.0 Å². The predicted molar refractivity (Wildman–Crippen MR) is 108 cm³/mol. The number of anilines is 1. The van der Waals surface area contributed by atoms with Gasteiger partial charge in [0.05, 0.1) is 17.3 Å². The number of allylic oxidation sites excluding steroid dienone is 3. The van der Waals surface area contributed by atoms with Crippen molar-refractivity contribution in [3.63, 3.8) is 0 Å². The molecule has 2 amide bonds. The summed E-state index contributed by atoms with van der Waals surface area (Å²) in [5.41, 5.74) is 2.28. The number of hydrogen-bond acceptors (Lipinski definition) is 6. The molecule has 1 aliphatic carbocycles. The molecule has 2 aliphatic rings. The Hall–Kier alpha value is -3.94. The van der Waals surface area contributed by atoms with E-state index in [-0.39, 0.29) is 19.0 Å². The number of fused-ring (bicyclic) bond motifs is 2. The average Bonchev–Trinajstić information content (AvgIpc) is 2.72. The van der Waals surface area contributed by atoms with Gasteiger partial charge in [-0.05, 0) is 36.4 Å². The fourth-order valence-corrected chi connectivity index (χ4v) is 2.79. The molecule has 1 atom stereocenters. The minimum absolute atomic E-state index is 0.0770. The summed E-state index contributed by atoms with van der Waals surface area (Å²) in [6, 6.07) is 4.83. The summed E-state index contributed by atoms with van der Waals surface area (Å²) < 4.78 is 9.75. The van der Waals surface area contributed by atoms with Crippen molar-refractivity contribution in [2.24, 2.45) is 10.9 Å². The summed E-state index contributed by atoms with van der Waals surface area (Å²) in [5.74, 6) is -0.846. The van der Waals surface area contributed by atoms with Crippen molar-refractivity contribution in [1.82, 2.24) is 5.32 Å². The van der Waals surface area contributed by atoms with Gasteiger partial charge in [0.25, 0.3) is 0 Å². The van der Waals surface area contributed by atoms with Gasteiger partial charge < -0.3 is 9.47 Å². The lowest BCUT2D eigenvalue weighted by Gasteiger charge is -2.23. The van der Waals surface area contributed by atoms with Gasteiger partial charge in [0.2, 0.25) is 0 Å². The predicted octanol–water partition coefficient (Wildman–Crippen LogP) is 3.67. The number of nitrogens with one attached hydrogen (secondary N) is 2. The van der Waals surface area contributed by atoms with Crippen molar-refractivity contribution in [1.29, 1.82) is 0 Å². The van der Waals surface area contributed by atoms with Crippen LogP contribution in [0.1, 0.15) is 10.4 Å². The highest BCUT2D eigenvalue weighted by Gasteiger charge is 2.31. The van der Waals surface area contributed by atoms with E-state index in [2.05, 4.69) is 28.8 Å². The number of benzene rings is 1. The van der Waals surface area contributed by atoms with Gasteiger partial charge in [-0.3, -0.25) is 20.4 Å². The van der Waals surface area contributed by atoms with Crippen LogP contribution in [-0.2, 0) is 9.47 Å². The van der Waals surface area contributed by atoms with E-state index < -0.39 is 18.1 Å². The second-order valence-electron chi connectivity index (χ2n) is 6.09. The molecule has 1 aromatic carbocycles. The number of rotatable bonds is 6. The van der Waals surface area contributed by atoms with Crippen LogP contribution in [0.15, 0.2) is 72.4 Å². The molecule has 0 bridgehead atoms. The van der Waals surface area contributed by atoms with E-state index in [1.807, 2.05) is 0 Å². The number of Topliss-reactive ketones (excluding diaryl/α,β-unsaturated/α-hetero) is 1. The Kier molecular flexibility index (Phi) is 6.03. The summed E-state index contributed by atoms with van der Waals surface area (Å²) in [7, 11) is 0. The second kappa shape index (κ2) is 8.83. The molecule has 1 unspecified atom stereocenters. The number of aliphatic imine (C=N–C) groups is 1. The maximum absolute atomic E-state index is 13.0. The van der Waals surface area contributed by atoms with Gasteiger partial charge >= 0.3 is 12.2 Å². The first-order chi connectivity index (χ1) is 14.0. The summed E-state index contributed by atoms with van der Waals surface area (Å²) >= 11 is 0. The number of nitrogens with zero attached hydrogens (tertiary/aromatic N) is 1. The minimum atomic E-state index is -0.651. The van der Waals surface area contributed by atoms with Gasteiger partial charge in [-0.2, -0.15) is 0 Å². The summed E-state index contributed by atoms with van der Waals surface area (Å²) in [5, 5.41) is 5.12. The van der Waals surface area contributed by atoms with Gasteiger partial charge in [-0.15, -0.1) is 0 Å². The zero-order valence-electron chi connectivity index (χ0n) is 15.5. The topological polar surface area (TPSA) is 106 Å². The van der Waals surface area contributed by atoms with E-state index in [1.54, 1.807) is 36.4 Å². The lowest BCUT2D eigenvalue weighted by atomic mass is 9.85. The first kappa shape index (κ1) is 19.8. The molecular weight excluding hydrogens is 374 g/mol. The zero-order chi connectivity index (χ0) is 20.8. The molecule has 8 heteroatoms. The maximum atomic E-state index is 13.0. The van der Waals surface area contributed by atoms with Crippen molar-refractivity contribution in [3.8, 4) is 0 Å². The molecular formula is C21H19N3O5. The van der Waals surface area contributed by atoms with E-state index in [0.717, 1.165) is 0 Å². The maximum Gasteiger partial charge on any atom is 0.411 e. The van der Waals surface area contributed by atoms with Gasteiger partial charge in [0, 0.05) is 16.9 Å². The molecule has 3 rings (SSSR count). The number of ether oxygens (including phenoxy) is 2. The van der Waals surface area contributed by atoms with Crippen LogP contribution >= 0.6 is 0 Å². The standard InChI is InChI=1S/C21H19N3O5/c1-3-9-28-20(26)22-13-5-7-17-15(11-13)19(25)16-12-14(6-8-18(16)24-17)23-21(27)29-10-4-2/h3-8,11-12,15H,1-2,9-10H2,(H,22,26)(H,23,27). The van der Waals surface area contributed by atoms with Gasteiger partial charge in [-0.25, -0.2) is 9.59 Å². The third kappa shape index (κ3) is 4.67. The van der Waals surface area contributed by atoms with E-state index in [0.29, 0.717) is 28.3 Å². The Balaban J connectivity index is 1.78. The van der Waals surface area contributed by atoms with Crippen molar-refractivity contribution < 1.29 is 23.9 Å². The lowest BCUT2D eigenvalue weighted by molar-refractivity contribution is 0.0970. The third-order valence-electron chi connectivity index (χ3n) is 4.05. The van der Waals surface area contributed by atoms with Crippen LogP contribution in [0.3, 0.4) is 0 Å². The number of alkyl carbamates (subject to hydrolysis) is 1. The Morgan fingerprint density at radius 3 is 2.45 bits per heavy atom. The van der Waals surface area contributed by atoms with Crippen LogP contribution < -0.4 is 10.6 Å². The fraction of sp³-hybridized carbons (Fsp3) is 0.143. The van der Waals surface area contributed by atoms with E-state index in [4.69, 9.17) is 9.47 Å². The smallest absolute Gasteiger partial charge is 0.411 e. The van der Waals surface area contributed by atoms with Crippen molar-refractivity contribution in [3.05, 3.63) is 73.0 Å². The molecule has 0 aromatic heterocycles. The summed E-state index contributed by atoms with van der Waals surface area (Å²) in [6.45, 7) is 7.10. The molecule has 0 saturated carbocycles. The average molecular weight is 393 g/mol. The van der Waals surface area contributed by atoms with E-state index in [9.17, 15) is 14.4 Å². The molecule has 0 radical (unpaired) electrons. The quantitative estimate of drug-likeness (QED) is 0.717. The normalized spacial score (nSPS) is 16.4. The first-order valence-corrected chi connectivity index (χ1v) is 8.78. The van der Waals surface area contributed by atoms with Gasteiger partial charge in [0.1, 0.15) is 13.2 Å². The molecule has 8 nitrogen and oxygen atoms in total. The number of carbonyl (C=O) groups excluding carboxylic acids is 3. The van der Waals surface area contributed by atoms with E-state index >= 15 is 0 Å². The van der Waals surface area contributed by atoms with Crippen LogP contribution in [-0.4, -0.2) is 36.9 Å². The number of hydrogen-bond donors (Lipinski definition) is 2. The summed E-state index contributed by atoms with van der Waals surface area (Å²) in [4.78, 5) is 40.9. The second-order valence-corrected chi connectivity index (χ2v) is 6.09. The van der Waals surface area contributed by atoms with Crippen LogP contribution in [0.5, 0.6) is 0 Å². The largest absolute Gasteiger partial charge is 0.445 e. The zero-order valence-corrected chi connectivity index (χ0v) is 15.5. The van der Waals surface area contributed by atoms with E-state index in [1.165, 1.54) is 12.2 Å². The number of carbonyl (C=O) groups is 3. The molecule has 1 heterocycles. The number of amides is 2. The fourth-order valence-electron chi connectivity index (χ4n) is 2.79. The summed E-state index contributed by atoms with van der Waals surface area (Å²) in [6.07, 6.45) is 6.54.